The molecular formula is C19H23BrN2O7. The predicted molar refractivity (Wildman–Crippen MR) is 109 cm³/mol. The number of carbonyl (C=O) groups is 2. The number of H-pyrrole nitrogens is 1. The Labute approximate surface area is 176 Å². The summed E-state index contributed by atoms with van der Waals surface area (Å²) in [6.07, 6.45) is -0.0270. The maximum absolute atomic E-state index is 12.2. The highest BCUT2D eigenvalue weighted by molar-refractivity contribution is 9.10. The molecule has 0 aliphatic heterocycles. The van der Waals surface area contributed by atoms with Gasteiger partial charge in [0.05, 0.1) is 39.3 Å². The van der Waals surface area contributed by atoms with Crippen molar-refractivity contribution in [2.45, 2.75) is 13.0 Å². The first-order valence-electron chi connectivity index (χ1n) is 8.60. The third kappa shape index (κ3) is 4.83. The van der Waals surface area contributed by atoms with Gasteiger partial charge in [-0.2, -0.15) is 0 Å². The molecule has 1 aromatic heterocycles. The third-order valence-electron chi connectivity index (χ3n) is 4.20. The van der Waals surface area contributed by atoms with Crippen LogP contribution in [0.1, 0.15) is 22.6 Å². The van der Waals surface area contributed by atoms with E-state index in [0.29, 0.717) is 38.5 Å². The number of aromatic amines is 1. The van der Waals surface area contributed by atoms with E-state index >= 15 is 0 Å². The molecule has 0 saturated carbocycles. The summed E-state index contributed by atoms with van der Waals surface area (Å²) in [6, 6.07) is 3.52. The van der Waals surface area contributed by atoms with E-state index < -0.39 is 11.9 Å². The fourth-order valence-corrected chi connectivity index (χ4v) is 3.60. The van der Waals surface area contributed by atoms with Gasteiger partial charge in [0, 0.05) is 29.9 Å². The van der Waals surface area contributed by atoms with Gasteiger partial charge in [0.15, 0.2) is 11.5 Å². The van der Waals surface area contributed by atoms with Gasteiger partial charge in [-0.25, -0.2) is 4.79 Å². The standard InChI is InChI=1S/C19H23BrN2O7/c1-26-12-6-5-10(17(27-2)18(12)28-3)14-11(9-21-8-7-13(23)24)22-16(15(14)20)19(25)29-4/h5-6,21-22H,7-9H2,1-4H3,(H,23,24). The molecule has 1 aromatic carbocycles. The van der Waals surface area contributed by atoms with Crippen LogP contribution >= 0.6 is 15.9 Å². The van der Waals surface area contributed by atoms with Gasteiger partial charge in [-0.3, -0.25) is 4.79 Å². The third-order valence-corrected chi connectivity index (χ3v) is 4.99. The average molecular weight is 471 g/mol. The van der Waals surface area contributed by atoms with E-state index in [1.54, 1.807) is 12.1 Å². The van der Waals surface area contributed by atoms with Gasteiger partial charge in [0.2, 0.25) is 5.75 Å². The normalized spacial score (nSPS) is 10.5. The van der Waals surface area contributed by atoms with Crippen molar-refractivity contribution in [3.63, 3.8) is 0 Å². The lowest BCUT2D eigenvalue weighted by Gasteiger charge is -2.16. The molecule has 0 amide bonds. The lowest BCUT2D eigenvalue weighted by Crippen LogP contribution is -2.18. The van der Waals surface area contributed by atoms with Gasteiger partial charge in [0.1, 0.15) is 5.69 Å². The summed E-state index contributed by atoms with van der Waals surface area (Å²) in [7, 11) is 5.82. The Morgan fingerprint density at radius 3 is 2.34 bits per heavy atom. The smallest absolute Gasteiger partial charge is 0.355 e. The summed E-state index contributed by atoms with van der Waals surface area (Å²) in [4.78, 5) is 26.0. The van der Waals surface area contributed by atoms with E-state index in [4.69, 9.17) is 24.1 Å². The summed E-state index contributed by atoms with van der Waals surface area (Å²) < 4.78 is 21.7. The van der Waals surface area contributed by atoms with Crippen LogP contribution in [0.25, 0.3) is 11.1 Å². The van der Waals surface area contributed by atoms with Crippen molar-refractivity contribution in [3.8, 4) is 28.4 Å². The molecule has 10 heteroatoms. The highest BCUT2D eigenvalue weighted by Gasteiger charge is 2.26. The second kappa shape index (κ2) is 10.2. The number of hydrogen-bond acceptors (Lipinski definition) is 7. The van der Waals surface area contributed by atoms with Crippen LogP contribution in [-0.4, -0.2) is 57.0 Å². The molecule has 29 heavy (non-hydrogen) atoms. The second-order valence-corrected chi connectivity index (χ2v) is 6.65. The van der Waals surface area contributed by atoms with E-state index in [9.17, 15) is 9.59 Å². The quantitative estimate of drug-likeness (QED) is 0.358. The molecule has 1 heterocycles. The molecule has 0 bridgehead atoms. The Hall–Kier alpha value is -2.72. The fraction of sp³-hybridized carbons (Fsp3) is 0.368. The molecule has 9 nitrogen and oxygen atoms in total. The lowest BCUT2D eigenvalue weighted by molar-refractivity contribution is -0.136. The SMILES string of the molecule is COC(=O)c1[nH]c(CNCCC(=O)O)c(-c2ccc(OC)c(OC)c2OC)c1Br. The van der Waals surface area contributed by atoms with Gasteiger partial charge in [-0.1, -0.05) is 0 Å². The van der Waals surface area contributed by atoms with Crippen molar-refractivity contribution in [2.75, 3.05) is 35.0 Å². The van der Waals surface area contributed by atoms with Gasteiger partial charge in [-0.15, -0.1) is 0 Å². The van der Waals surface area contributed by atoms with Gasteiger partial charge < -0.3 is 34.4 Å². The van der Waals surface area contributed by atoms with Crippen molar-refractivity contribution in [3.05, 3.63) is 28.0 Å². The lowest BCUT2D eigenvalue weighted by atomic mass is 10.0. The zero-order valence-corrected chi connectivity index (χ0v) is 18.1. The van der Waals surface area contributed by atoms with E-state index in [1.807, 2.05) is 0 Å². The number of nitrogens with one attached hydrogen (secondary N) is 2. The summed E-state index contributed by atoms with van der Waals surface area (Å²) >= 11 is 3.48. The number of benzene rings is 1. The molecule has 2 rings (SSSR count). The number of hydrogen-bond donors (Lipinski definition) is 3. The number of methoxy groups -OCH3 is 4. The number of esters is 1. The number of aliphatic carboxylic acids is 1. The molecule has 0 saturated heterocycles. The molecule has 0 unspecified atom stereocenters. The zero-order valence-electron chi connectivity index (χ0n) is 16.6. The van der Waals surface area contributed by atoms with E-state index in [-0.39, 0.29) is 25.2 Å². The van der Waals surface area contributed by atoms with Gasteiger partial charge >= 0.3 is 11.9 Å². The Morgan fingerprint density at radius 2 is 1.79 bits per heavy atom. The number of ether oxygens (including phenoxy) is 4. The second-order valence-electron chi connectivity index (χ2n) is 5.86. The minimum absolute atomic E-state index is 0.0270. The molecule has 0 radical (unpaired) electrons. The number of aromatic nitrogens is 1. The summed E-state index contributed by atoms with van der Waals surface area (Å²) in [5.74, 6) is -0.120. The van der Waals surface area contributed by atoms with Crippen LogP contribution in [-0.2, 0) is 16.1 Å². The van der Waals surface area contributed by atoms with E-state index in [2.05, 4.69) is 26.2 Å². The number of carboxylic acids is 1. The highest BCUT2D eigenvalue weighted by Crippen LogP contribution is 2.47. The average Bonchev–Trinajstić information content (AvgIpc) is 3.04. The van der Waals surface area contributed by atoms with Crippen molar-refractivity contribution in [1.82, 2.24) is 10.3 Å². The molecule has 0 aliphatic carbocycles. The first-order chi connectivity index (χ1) is 13.9. The Balaban J connectivity index is 2.59. The van der Waals surface area contributed by atoms with Crippen molar-refractivity contribution in [1.29, 1.82) is 0 Å². The van der Waals surface area contributed by atoms with Crippen LogP contribution in [0.5, 0.6) is 17.2 Å². The van der Waals surface area contributed by atoms with Crippen LogP contribution in [0.2, 0.25) is 0 Å². The predicted octanol–water partition coefficient (Wildman–Crippen LogP) is 2.82. The Kier molecular flexibility index (Phi) is 7.91. The first-order valence-corrected chi connectivity index (χ1v) is 9.39. The molecule has 0 aliphatic rings. The summed E-state index contributed by atoms with van der Waals surface area (Å²) in [5, 5.41) is 11.9. The number of rotatable bonds is 10. The Bertz CT molecular complexity index is 895. The maximum atomic E-state index is 12.2. The topological polar surface area (TPSA) is 119 Å². The molecule has 158 valence electrons. The number of halogens is 1. The van der Waals surface area contributed by atoms with Crippen LogP contribution < -0.4 is 19.5 Å². The zero-order chi connectivity index (χ0) is 21.6. The molecule has 0 fully saturated rings. The molecule has 0 atom stereocenters. The first kappa shape index (κ1) is 22.6. The Morgan fingerprint density at radius 1 is 1.10 bits per heavy atom. The highest BCUT2D eigenvalue weighted by atomic mass is 79.9. The van der Waals surface area contributed by atoms with Crippen LogP contribution in [0.4, 0.5) is 0 Å². The van der Waals surface area contributed by atoms with E-state index in [0.717, 1.165) is 0 Å². The fourth-order valence-electron chi connectivity index (χ4n) is 2.89. The largest absolute Gasteiger partial charge is 0.493 e. The maximum Gasteiger partial charge on any atom is 0.355 e. The molecule has 3 N–H and O–H groups in total. The van der Waals surface area contributed by atoms with Crippen molar-refractivity contribution >= 4 is 27.9 Å². The van der Waals surface area contributed by atoms with Crippen LogP contribution in [0.3, 0.4) is 0 Å². The molecular weight excluding hydrogens is 448 g/mol. The molecule has 2 aromatic rings. The monoisotopic (exact) mass is 470 g/mol. The number of carboxylic acid groups (broad SMARTS) is 1. The minimum Gasteiger partial charge on any atom is -0.493 e. The van der Waals surface area contributed by atoms with Gasteiger partial charge in [0.25, 0.3) is 0 Å². The minimum atomic E-state index is -0.901. The van der Waals surface area contributed by atoms with Gasteiger partial charge in [-0.05, 0) is 28.1 Å². The van der Waals surface area contributed by atoms with Crippen molar-refractivity contribution < 1.29 is 33.6 Å². The summed E-state index contributed by atoms with van der Waals surface area (Å²) in [6.45, 7) is 0.553. The van der Waals surface area contributed by atoms with Crippen LogP contribution in [0.15, 0.2) is 16.6 Å². The number of carbonyl (C=O) groups excluding carboxylic acids is 1. The van der Waals surface area contributed by atoms with Crippen LogP contribution in [0, 0.1) is 0 Å². The van der Waals surface area contributed by atoms with E-state index in [1.165, 1.54) is 28.4 Å². The summed E-state index contributed by atoms with van der Waals surface area (Å²) in [5.41, 5.74) is 2.19. The molecule has 0 spiro atoms. The van der Waals surface area contributed by atoms with Crippen molar-refractivity contribution in [2.24, 2.45) is 0 Å².